The molecule has 1 N–H and O–H groups in total. The molecule has 1 heterocycles. The summed E-state index contributed by atoms with van der Waals surface area (Å²) >= 11 is 0. The fourth-order valence-electron chi connectivity index (χ4n) is 2.27. The Morgan fingerprint density at radius 1 is 1.35 bits per heavy atom. The molecule has 0 saturated heterocycles. The number of aliphatic hydroxyl groups excluding tert-OH is 1. The van der Waals surface area contributed by atoms with Crippen molar-refractivity contribution < 1.29 is 27.5 Å². The van der Waals surface area contributed by atoms with E-state index < -0.39 is 29.2 Å². The Balaban J connectivity index is 2.60. The molecule has 1 aliphatic carbocycles. The van der Waals surface area contributed by atoms with Gasteiger partial charge in [0.15, 0.2) is 5.78 Å². The number of furan rings is 1. The lowest BCUT2D eigenvalue weighted by Crippen LogP contribution is -2.22. The van der Waals surface area contributed by atoms with E-state index in [1.807, 2.05) is 0 Å². The van der Waals surface area contributed by atoms with Crippen molar-refractivity contribution in [2.45, 2.75) is 20.0 Å². The maximum absolute atomic E-state index is 13.3. The molecule has 0 aromatic carbocycles. The van der Waals surface area contributed by atoms with Gasteiger partial charge in [0.05, 0.1) is 24.0 Å². The molecule has 0 spiro atoms. The van der Waals surface area contributed by atoms with Gasteiger partial charge in [-0.05, 0) is 37.1 Å². The molecule has 1 aromatic heterocycles. The molecular weight excluding hydrogens is 309 g/mol. The van der Waals surface area contributed by atoms with E-state index in [1.54, 1.807) is 0 Å². The van der Waals surface area contributed by atoms with E-state index in [1.165, 1.54) is 38.5 Å². The monoisotopic (exact) mass is 324 g/mol. The first-order valence-corrected chi connectivity index (χ1v) is 6.76. The van der Waals surface area contributed by atoms with Gasteiger partial charge in [-0.15, -0.1) is 0 Å². The van der Waals surface area contributed by atoms with Gasteiger partial charge in [-0.1, -0.05) is 12.7 Å². The van der Waals surface area contributed by atoms with Crippen molar-refractivity contribution >= 4 is 11.4 Å². The molecule has 3 nitrogen and oxygen atoms in total. The number of rotatable bonds is 3. The van der Waals surface area contributed by atoms with Gasteiger partial charge in [-0.25, -0.2) is 0 Å². The lowest BCUT2D eigenvalue weighted by atomic mass is 9.82. The third-order valence-corrected chi connectivity index (χ3v) is 3.73. The van der Waals surface area contributed by atoms with Crippen LogP contribution in [-0.4, -0.2) is 17.1 Å². The van der Waals surface area contributed by atoms with Crippen LogP contribution in [0.25, 0.3) is 5.57 Å². The molecule has 6 heteroatoms. The molecule has 1 aliphatic rings. The Kier molecular flexibility index (Phi) is 4.36. The van der Waals surface area contributed by atoms with Gasteiger partial charge in [0.2, 0.25) is 0 Å². The Hall–Kier alpha value is -2.50. The largest absolute Gasteiger partial charge is 0.511 e. The van der Waals surface area contributed by atoms with Crippen LogP contribution < -0.4 is 0 Å². The molecule has 0 saturated carbocycles. The Morgan fingerprint density at radius 3 is 2.48 bits per heavy atom. The van der Waals surface area contributed by atoms with Crippen LogP contribution in [0.3, 0.4) is 0 Å². The lowest BCUT2D eigenvalue weighted by Gasteiger charge is -2.26. The average molecular weight is 324 g/mol. The number of carbonyl (C=O) groups is 1. The van der Waals surface area contributed by atoms with Gasteiger partial charge in [0.25, 0.3) is 0 Å². The maximum Gasteiger partial charge on any atom is 0.416 e. The van der Waals surface area contributed by atoms with E-state index in [2.05, 4.69) is 6.58 Å². The molecule has 122 valence electrons. The van der Waals surface area contributed by atoms with Crippen molar-refractivity contribution in [2.24, 2.45) is 5.92 Å². The number of halogens is 3. The highest BCUT2D eigenvalue weighted by Crippen LogP contribution is 2.43. The van der Waals surface area contributed by atoms with E-state index in [-0.39, 0.29) is 16.7 Å². The average Bonchev–Trinajstić information content (AvgIpc) is 2.98. The molecule has 1 aromatic rings. The van der Waals surface area contributed by atoms with Crippen LogP contribution in [0.4, 0.5) is 13.2 Å². The predicted octanol–water partition coefficient (Wildman–Crippen LogP) is 4.76. The Labute approximate surface area is 131 Å². The number of aliphatic hydroxyl groups is 1. The topological polar surface area (TPSA) is 50.4 Å². The molecule has 0 amide bonds. The van der Waals surface area contributed by atoms with Gasteiger partial charge < -0.3 is 9.52 Å². The summed E-state index contributed by atoms with van der Waals surface area (Å²) in [6, 6.07) is 1.51. The third-order valence-electron chi connectivity index (χ3n) is 3.73. The first-order valence-electron chi connectivity index (χ1n) is 6.76. The van der Waals surface area contributed by atoms with Crippen molar-refractivity contribution in [1.29, 1.82) is 0 Å². The second-order valence-corrected chi connectivity index (χ2v) is 5.26. The highest BCUT2D eigenvalue weighted by atomic mass is 19.4. The van der Waals surface area contributed by atoms with Gasteiger partial charge in [-0.3, -0.25) is 4.79 Å². The van der Waals surface area contributed by atoms with Crippen molar-refractivity contribution in [3.8, 4) is 0 Å². The molecular formula is C17H15F3O3. The first kappa shape index (κ1) is 16.9. The Bertz CT molecular complexity index is 732. The normalized spacial score (nSPS) is 19.9. The summed E-state index contributed by atoms with van der Waals surface area (Å²) in [6.45, 7) is 6.06. The number of ketones is 1. The highest BCUT2D eigenvalue weighted by molar-refractivity contribution is 5.93. The van der Waals surface area contributed by atoms with Crippen LogP contribution in [0.2, 0.25) is 0 Å². The van der Waals surface area contributed by atoms with E-state index in [4.69, 9.17) is 4.42 Å². The second-order valence-electron chi connectivity index (χ2n) is 5.26. The van der Waals surface area contributed by atoms with E-state index >= 15 is 0 Å². The summed E-state index contributed by atoms with van der Waals surface area (Å²) in [6.07, 6.45) is 0.416. The number of alkyl halides is 3. The SMILES string of the molecule is C=C1C(C(F)(F)F)=CC(c2ccoc2)=CC1/C(O)=C(\C)C(C)=O. The number of carbonyl (C=O) groups excluding carboxylic acids is 1. The minimum absolute atomic E-state index is 0.00219. The molecule has 23 heavy (non-hydrogen) atoms. The van der Waals surface area contributed by atoms with E-state index in [9.17, 15) is 23.1 Å². The Morgan fingerprint density at radius 2 is 2.00 bits per heavy atom. The summed E-state index contributed by atoms with van der Waals surface area (Å²) in [5.74, 6) is -1.97. The summed E-state index contributed by atoms with van der Waals surface area (Å²) in [5.41, 5.74) is -0.557. The third kappa shape index (κ3) is 3.31. The second kappa shape index (κ2) is 5.95. The number of Topliss-reactive ketones (excluding diaryl/α,β-unsaturated/α-hetero) is 1. The van der Waals surface area contributed by atoms with Gasteiger partial charge >= 0.3 is 6.18 Å². The minimum atomic E-state index is -4.62. The van der Waals surface area contributed by atoms with Crippen LogP contribution in [0.5, 0.6) is 0 Å². The van der Waals surface area contributed by atoms with Crippen molar-refractivity contribution in [1.82, 2.24) is 0 Å². The fourth-order valence-corrected chi connectivity index (χ4v) is 2.27. The molecule has 1 atom stereocenters. The van der Waals surface area contributed by atoms with Gasteiger partial charge in [0, 0.05) is 11.1 Å². The lowest BCUT2D eigenvalue weighted by molar-refractivity contribution is -0.113. The molecule has 1 unspecified atom stereocenters. The molecule has 0 bridgehead atoms. The summed E-state index contributed by atoms with van der Waals surface area (Å²) in [7, 11) is 0. The minimum Gasteiger partial charge on any atom is -0.511 e. The maximum atomic E-state index is 13.3. The van der Waals surface area contributed by atoms with Crippen LogP contribution in [-0.2, 0) is 4.79 Å². The highest BCUT2D eigenvalue weighted by Gasteiger charge is 2.40. The molecule has 2 rings (SSSR count). The van der Waals surface area contributed by atoms with E-state index in [0.717, 1.165) is 6.08 Å². The number of allylic oxidation sites excluding steroid dienone is 5. The smallest absolute Gasteiger partial charge is 0.416 e. The van der Waals surface area contributed by atoms with Crippen LogP contribution in [0.1, 0.15) is 19.4 Å². The number of hydrogen-bond donors (Lipinski definition) is 1. The van der Waals surface area contributed by atoms with Crippen LogP contribution >= 0.6 is 0 Å². The zero-order valence-electron chi connectivity index (χ0n) is 12.6. The summed E-state index contributed by atoms with van der Waals surface area (Å²) in [5, 5.41) is 10.2. The van der Waals surface area contributed by atoms with E-state index in [0.29, 0.717) is 5.56 Å². The standard InChI is InChI=1S/C17H15F3O3/c1-9(11(3)21)16(22)14-6-13(12-4-5-23-8-12)7-15(10(14)2)17(18,19)20/h4-8,14,22H,2H2,1,3H3/b16-9-. The van der Waals surface area contributed by atoms with Gasteiger partial charge in [-0.2, -0.15) is 13.2 Å². The van der Waals surface area contributed by atoms with Gasteiger partial charge in [0.1, 0.15) is 5.76 Å². The van der Waals surface area contributed by atoms with Crippen LogP contribution in [0, 0.1) is 5.92 Å². The molecule has 0 radical (unpaired) electrons. The molecule has 0 aliphatic heterocycles. The zero-order chi connectivity index (χ0) is 17.4. The first-order chi connectivity index (χ1) is 10.6. The van der Waals surface area contributed by atoms with Crippen molar-refractivity contribution in [3.05, 3.63) is 65.4 Å². The predicted molar refractivity (Wildman–Crippen MR) is 79.5 cm³/mol. The van der Waals surface area contributed by atoms with Crippen molar-refractivity contribution in [2.75, 3.05) is 0 Å². The quantitative estimate of drug-likeness (QED) is 0.644. The summed E-state index contributed by atoms with van der Waals surface area (Å²) < 4.78 is 44.7. The zero-order valence-corrected chi connectivity index (χ0v) is 12.6. The summed E-state index contributed by atoms with van der Waals surface area (Å²) in [4.78, 5) is 11.4. The number of hydrogen-bond acceptors (Lipinski definition) is 3. The molecule has 0 fully saturated rings. The van der Waals surface area contributed by atoms with Crippen molar-refractivity contribution in [3.63, 3.8) is 0 Å². The fraction of sp³-hybridized carbons (Fsp3) is 0.235. The van der Waals surface area contributed by atoms with Crippen LogP contribution in [0.15, 0.2) is 64.2 Å².